The lowest BCUT2D eigenvalue weighted by molar-refractivity contribution is 0.371. The van der Waals surface area contributed by atoms with Crippen molar-refractivity contribution in [2.24, 2.45) is 0 Å². The third-order valence-electron chi connectivity index (χ3n) is 2.14. The summed E-state index contributed by atoms with van der Waals surface area (Å²) in [6.07, 6.45) is 0.834. The average molecular weight is 224 g/mol. The van der Waals surface area contributed by atoms with E-state index in [-0.39, 0.29) is 0 Å². The molecule has 0 saturated heterocycles. The van der Waals surface area contributed by atoms with Crippen LogP contribution in [0, 0.1) is 11.7 Å². The van der Waals surface area contributed by atoms with Crippen LogP contribution in [-0.2, 0) is 13.0 Å². The Kier molecular flexibility index (Phi) is 2.68. The van der Waals surface area contributed by atoms with Crippen molar-refractivity contribution in [1.29, 1.82) is 0 Å². The minimum absolute atomic E-state index is 0.583. The van der Waals surface area contributed by atoms with Gasteiger partial charge in [0.1, 0.15) is 5.82 Å². The van der Waals surface area contributed by atoms with E-state index >= 15 is 0 Å². The first-order chi connectivity index (χ1) is 7.20. The molecule has 0 amide bonds. The van der Waals surface area contributed by atoms with E-state index in [4.69, 9.17) is 16.7 Å². The third-order valence-corrected chi connectivity index (χ3v) is 2.46. The molecule has 5 nitrogen and oxygen atoms in total. The van der Waals surface area contributed by atoms with Crippen LogP contribution in [0.25, 0.3) is 0 Å². The Morgan fingerprint density at radius 1 is 1.60 bits per heavy atom. The van der Waals surface area contributed by atoms with Crippen LogP contribution in [0.1, 0.15) is 24.2 Å². The van der Waals surface area contributed by atoms with Crippen LogP contribution in [0.5, 0.6) is 0 Å². The monoisotopic (exact) mass is 224 g/mol. The van der Waals surface area contributed by atoms with Crippen molar-refractivity contribution < 1.29 is 4.52 Å². The smallest absolute Gasteiger partial charge is 0.195 e. The van der Waals surface area contributed by atoms with Gasteiger partial charge in [0.25, 0.3) is 0 Å². The van der Waals surface area contributed by atoms with Gasteiger partial charge in [-0.05, 0) is 19.1 Å². The normalized spacial score (nSPS) is 10.8. The topological polar surface area (TPSA) is 59.6 Å². The van der Waals surface area contributed by atoms with Gasteiger partial charge in [-0.15, -0.1) is 0 Å². The quantitative estimate of drug-likeness (QED) is 0.808. The summed E-state index contributed by atoms with van der Waals surface area (Å²) < 4.78 is 7.66. The zero-order valence-electron chi connectivity index (χ0n) is 8.65. The maximum atomic E-state index is 5.13. The highest BCUT2D eigenvalue weighted by Gasteiger charge is 2.07. The lowest BCUT2D eigenvalue weighted by Crippen LogP contribution is -2.03. The lowest BCUT2D eigenvalue weighted by atomic mass is 10.3. The average Bonchev–Trinajstić information content (AvgIpc) is 2.76. The third kappa shape index (κ3) is 1.99. The second kappa shape index (κ2) is 3.98. The number of H-pyrrole nitrogens is 1. The molecule has 80 valence electrons. The minimum Gasteiger partial charge on any atom is -0.359 e. The van der Waals surface area contributed by atoms with E-state index in [0.29, 0.717) is 11.3 Å². The Hall–Kier alpha value is -1.43. The van der Waals surface area contributed by atoms with Crippen LogP contribution in [-0.4, -0.2) is 19.9 Å². The molecule has 0 aliphatic carbocycles. The zero-order valence-corrected chi connectivity index (χ0v) is 9.47. The number of nitrogens with one attached hydrogen (secondary N) is 1. The van der Waals surface area contributed by atoms with Gasteiger partial charge < -0.3 is 4.52 Å². The highest BCUT2D eigenvalue weighted by molar-refractivity contribution is 7.71. The van der Waals surface area contributed by atoms with E-state index in [1.807, 2.05) is 24.5 Å². The van der Waals surface area contributed by atoms with Gasteiger partial charge in [-0.25, -0.2) is 0 Å². The fourth-order valence-corrected chi connectivity index (χ4v) is 1.65. The van der Waals surface area contributed by atoms with Gasteiger partial charge in [0.2, 0.25) is 0 Å². The predicted octanol–water partition coefficient (Wildman–Crippen LogP) is 1.85. The van der Waals surface area contributed by atoms with Gasteiger partial charge >= 0.3 is 0 Å². The van der Waals surface area contributed by atoms with Crippen molar-refractivity contribution in [3.8, 4) is 0 Å². The van der Waals surface area contributed by atoms with Crippen LogP contribution >= 0.6 is 12.2 Å². The molecule has 0 fully saturated rings. The molecule has 0 bridgehead atoms. The minimum atomic E-state index is 0.583. The summed E-state index contributed by atoms with van der Waals surface area (Å²) in [6, 6.07) is 1.90. The van der Waals surface area contributed by atoms with E-state index in [2.05, 4.69) is 15.4 Å². The van der Waals surface area contributed by atoms with Crippen molar-refractivity contribution >= 4 is 12.2 Å². The van der Waals surface area contributed by atoms with Gasteiger partial charge in [0.05, 0.1) is 12.2 Å². The highest BCUT2D eigenvalue weighted by atomic mass is 32.1. The Labute approximate surface area is 92.1 Å². The first-order valence-corrected chi connectivity index (χ1v) is 5.17. The summed E-state index contributed by atoms with van der Waals surface area (Å²) >= 11 is 5.13. The van der Waals surface area contributed by atoms with E-state index in [1.54, 1.807) is 0 Å². The Morgan fingerprint density at radius 2 is 2.40 bits per heavy atom. The number of aryl methyl sites for hydroxylation is 2. The van der Waals surface area contributed by atoms with E-state index in [0.717, 1.165) is 23.7 Å². The molecular formula is C9H12N4OS. The molecule has 0 radical (unpaired) electrons. The van der Waals surface area contributed by atoms with E-state index in [9.17, 15) is 0 Å². The summed E-state index contributed by atoms with van der Waals surface area (Å²) in [6.45, 7) is 4.51. The zero-order chi connectivity index (χ0) is 10.8. The van der Waals surface area contributed by atoms with Crippen LogP contribution in [0.4, 0.5) is 0 Å². The molecule has 0 atom stereocenters. The molecule has 15 heavy (non-hydrogen) atoms. The van der Waals surface area contributed by atoms with Crippen molar-refractivity contribution in [2.45, 2.75) is 26.8 Å². The summed E-state index contributed by atoms with van der Waals surface area (Å²) in [7, 11) is 0. The fourth-order valence-electron chi connectivity index (χ4n) is 1.43. The molecule has 1 N–H and O–H groups in total. The van der Waals surface area contributed by atoms with Crippen LogP contribution in [0.2, 0.25) is 0 Å². The largest absolute Gasteiger partial charge is 0.359 e. The van der Waals surface area contributed by atoms with E-state index in [1.165, 1.54) is 0 Å². The molecule has 0 aliphatic rings. The number of aromatic amines is 1. The number of nitrogens with zero attached hydrogens (tertiary/aromatic N) is 3. The lowest BCUT2D eigenvalue weighted by Gasteiger charge is -2.00. The van der Waals surface area contributed by atoms with Gasteiger partial charge in [-0.3, -0.25) is 9.67 Å². The van der Waals surface area contributed by atoms with Crippen molar-refractivity contribution in [3.63, 3.8) is 0 Å². The number of rotatable bonds is 3. The molecule has 0 aliphatic heterocycles. The molecule has 6 heteroatoms. The second-order valence-corrected chi connectivity index (χ2v) is 3.71. The van der Waals surface area contributed by atoms with Gasteiger partial charge in [0.15, 0.2) is 10.5 Å². The molecule has 2 rings (SSSR count). The van der Waals surface area contributed by atoms with Crippen molar-refractivity contribution in [3.05, 3.63) is 28.1 Å². The molecule has 2 aromatic rings. The first-order valence-electron chi connectivity index (χ1n) is 4.77. The molecule has 2 heterocycles. The molecule has 0 aromatic carbocycles. The maximum Gasteiger partial charge on any atom is 0.195 e. The summed E-state index contributed by atoms with van der Waals surface area (Å²) in [5, 5.41) is 10.7. The van der Waals surface area contributed by atoms with Crippen LogP contribution < -0.4 is 0 Å². The standard InChI is InChI=1S/C9H12N4OS/c1-3-8-10-11-9(15)13(8)5-7-4-6(2)12-14-7/h4H,3,5H2,1-2H3,(H,11,15). The molecular weight excluding hydrogens is 212 g/mol. The summed E-state index contributed by atoms with van der Waals surface area (Å²) in [5.74, 6) is 1.72. The summed E-state index contributed by atoms with van der Waals surface area (Å²) in [5.41, 5.74) is 0.873. The van der Waals surface area contributed by atoms with E-state index < -0.39 is 0 Å². The van der Waals surface area contributed by atoms with Gasteiger partial charge in [0, 0.05) is 12.5 Å². The second-order valence-electron chi connectivity index (χ2n) is 3.32. The molecule has 0 saturated carbocycles. The summed E-state index contributed by atoms with van der Waals surface area (Å²) in [4.78, 5) is 0. The fraction of sp³-hybridized carbons (Fsp3) is 0.444. The maximum absolute atomic E-state index is 5.13. The number of hydrogen-bond acceptors (Lipinski definition) is 4. The van der Waals surface area contributed by atoms with Gasteiger partial charge in [-0.1, -0.05) is 12.1 Å². The Morgan fingerprint density at radius 3 is 3.00 bits per heavy atom. The Bertz CT molecular complexity index is 510. The molecule has 2 aromatic heterocycles. The van der Waals surface area contributed by atoms with Crippen LogP contribution in [0.15, 0.2) is 10.6 Å². The Balaban J connectivity index is 2.31. The number of aromatic nitrogens is 4. The highest BCUT2D eigenvalue weighted by Crippen LogP contribution is 2.07. The molecule has 0 spiro atoms. The SMILES string of the molecule is CCc1n[nH]c(=S)n1Cc1cc(C)no1. The number of hydrogen-bond donors (Lipinski definition) is 1. The predicted molar refractivity (Wildman–Crippen MR) is 57.1 cm³/mol. The molecule has 0 unspecified atom stereocenters. The van der Waals surface area contributed by atoms with Crippen molar-refractivity contribution in [2.75, 3.05) is 0 Å². The van der Waals surface area contributed by atoms with Crippen molar-refractivity contribution in [1.82, 2.24) is 19.9 Å². The first kappa shape index (κ1) is 10.1. The van der Waals surface area contributed by atoms with Crippen LogP contribution in [0.3, 0.4) is 0 Å². The van der Waals surface area contributed by atoms with Gasteiger partial charge in [-0.2, -0.15) is 5.10 Å².